The Morgan fingerprint density at radius 2 is 1.86 bits per heavy atom. The highest BCUT2D eigenvalue weighted by Gasteiger charge is 2.24. The molecule has 1 amide bonds. The van der Waals surface area contributed by atoms with Gasteiger partial charge < -0.3 is 19.7 Å². The van der Waals surface area contributed by atoms with Crippen LogP contribution in [0.25, 0.3) is 11.3 Å². The number of hydrogen-bond donors (Lipinski definition) is 1. The van der Waals surface area contributed by atoms with Crippen LogP contribution in [0, 0.1) is 0 Å². The van der Waals surface area contributed by atoms with E-state index in [0.29, 0.717) is 22.8 Å². The molecule has 0 fully saturated rings. The van der Waals surface area contributed by atoms with Crippen LogP contribution in [0.3, 0.4) is 0 Å². The van der Waals surface area contributed by atoms with Gasteiger partial charge >= 0.3 is 0 Å². The number of ether oxygens (including phenoxy) is 2. The molecule has 118 valence electrons. The van der Waals surface area contributed by atoms with Gasteiger partial charge in [-0.2, -0.15) is 0 Å². The number of carbonyl (C=O) groups excluding carboxylic acids is 1. The van der Waals surface area contributed by atoms with Crippen molar-refractivity contribution in [2.45, 2.75) is 26.2 Å². The average molecular weight is 304 g/mol. The normalized spacial score (nSPS) is 11.3. The average Bonchev–Trinajstić information content (AvgIpc) is 2.95. The monoisotopic (exact) mass is 304 g/mol. The fourth-order valence-electron chi connectivity index (χ4n) is 2.06. The smallest absolute Gasteiger partial charge is 0.249 e. The van der Waals surface area contributed by atoms with Gasteiger partial charge in [0.15, 0.2) is 5.76 Å². The second-order valence-corrected chi connectivity index (χ2v) is 5.94. The first-order chi connectivity index (χ1) is 10.3. The van der Waals surface area contributed by atoms with E-state index < -0.39 is 5.91 Å². The quantitative estimate of drug-likeness (QED) is 0.938. The SMILES string of the molecule is COc1cc(OC)c(-c2cc(C(C)(C)C)no2)c(C(N)=O)c1. The largest absolute Gasteiger partial charge is 0.497 e. The number of methoxy groups -OCH3 is 2. The van der Waals surface area contributed by atoms with Crippen molar-refractivity contribution >= 4 is 5.91 Å². The third-order valence-electron chi connectivity index (χ3n) is 3.32. The topological polar surface area (TPSA) is 87.6 Å². The van der Waals surface area contributed by atoms with Gasteiger partial charge in [0.1, 0.15) is 11.5 Å². The molecular formula is C16H20N2O4. The van der Waals surface area contributed by atoms with Crippen LogP contribution in [0.15, 0.2) is 22.7 Å². The van der Waals surface area contributed by atoms with Crippen LogP contribution in [0.2, 0.25) is 0 Å². The third kappa shape index (κ3) is 2.90. The molecule has 0 aliphatic carbocycles. The molecule has 2 N–H and O–H groups in total. The number of nitrogens with zero attached hydrogens (tertiary/aromatic N) is 1. The summed E-state index contributed by atoms with van der Waals surface area (Å²) in [5, 5.41) is 4.07. The Morgan fingerprint density at radius 3 is 2.32 bits per heavy atom. The molecule has 2 rings (SSSR count). The summed E-state index contributed by atoms with van der Waals surface area (Å²) < 4.78 is 15.9. The molecule has 6 nitrogen and oxygen atoms in total. The Kier molecular flexibility index (Phi) is 4.12. The summed E-state index contributed by atoms with van der Waals surface area (Å²) in [6.07, 6.45) is 0. The Hall–Kier alpha value is -2.50. The van der Waals surface area contributed by atoms with Crippen LogP contribution in [-0.2, 0) is 5.41 Å². The van der Waals surface area contributed by atoms with Gasteiger partial charge in [-0.3, -0.25) is 4.79 Å². The minimum atomic E-state index is -0.596. The molecule has 0 saturated heterocycles. The molecule has 0 radical (unpaired) electrons. The van der Waals surface area contributed by atoms with E-state index in [0.717, 1.165) is 5.69 Å². The van der Waals surface area contributed by atoms with E-state index in [2.05, 4.69) is 5.16 Å². The van der Waals surface area contributed by atoms with Gasteiger partial charge in [0.05, 0.1) is 31.0 Å². The fraction of sp³-hybridized carbons (Fsp3) is 0.375. The minimum Gasteiger partial charge on any atom is -0.497 e. The van der Waals surface area contributed by atoms with E-state index in [-0.39, 0.29) is 11.0 Å². The molecular weight excluding hydrogens is 284 g/mol. The molecule has 0 saturated carbocycles. The van der Waals surface area contributed by atoms with Crippen LogP contribution in [0.1, 0.15) is 36.8 Å². The molecule has 0 unspecified atom stereocenters. The van der Waals surface area contributed by atoms with Gasteiger partial charge in [-0.1, -0.05) is 25.9 Å². The summed E-state index contributed by atoms with van der Waals surface area (Å²) in [5.41, 5.74) is 6.81. The molecule has 0 aliphatic heterocycles. The summed E-state index contributed by atoms with van der Waals surface area (Å²) in [6.45, 7) is 6.07. The standard InChI is InChI=1S/C16H20N2O4/c1-16(2,3)13-8-12(22-18-13)14-10(15(17)19)6-9(20-4)7-11(14)21-5/h6-8H,1-5H3,(H2,17,19). The molecule has 0 aliphatic rings. The maximum absolute atomic E-state index is 11.8. The number of primary amides is 1. The van der Waals surface area contributed by atoms with Crippen molar-refractivity contribution in [2.24, 2.45) is 5.73 Å². The van der Waals surface area contributed by atoms with Gasteiger partial charge in [0, 0.05) is 17.5 Å². The van der Waals surface area contributed by atoms with Crippen molar-refractivity contribution in [1.29, 1.82) is 0 Å². The van der Waals surface area contributed by atoms with Crippen molar-refractivity contribution in [1.82, 2.24) is 5.16 Å². The molecule has 1 heterocycles. The molecule has 22 heavy (non-hydrogen) atoms. The number of carbonyl (C=O) groups is 1. The summed E-state index contributed by atoms with van der Waals surface area (Å²) in [5.74, 6) is 0.744. The first-order valence-corrected chi connectivity index (χ1v) is 6.81. The Morgan fingerprint density at radius 1 is 1.18 bits per heavy atom. The van der Waals surface area contributed by atoms with Crippen LogP contribution in [0.4, 0.5) is 0 Å². The van der Waals surface area contributed by atoms with Gasteiger partial charge in [-0.15, -0.1) is 0 Å². The van der Waals surface area contributed by atoms with E-state index in [1.54, 1.807) is 18.2 Å². The molecule has 2 aromatic rings. The minimum absolute atomic E-state index is 0.172. The Bertz CT molecular complexity index is 699. The molecule has 0 atom stereocenters. The molecule has 0 spiro atoms. The van der Waals surface area contributed by atoms with Gasteiger partial charge in [0.2, 0.25) is 5.91 Å². The first kappa shape index (κ1) is 15.9. The van der Waals surface area contributed by atoms with Crippen molar-refractivity contribution in [2.75, 3.05) is 14.2 Å². The van der Waals surface area contributed by atoms with E-state index in [1.807, 2.05) is 20.8 Å². The zero-order valence-corrected chi connectivity index (χ0v) is 13.4. The van der Waals surface area contributed by atoms with Crippen LogP contribution >= 0.6 is 0 Å². The summed E-state index contributed by atoms with van der Waals surface area (Å²) >= 11 is 0. The summed E-state index contributed by atoms with van der Waals surface area (Å²) in [6, 6.07) is 5.01. The third-order valence-corrected chi connectivity index (χ3v) is 3.32. The predicted molar refractivity (Wildman–Crippen MR) is 82.3 cm³/mol. The Labute approximate surface area is 129 Å². The molecule has 6 heteroatoms. The number of hydrogen-bond acceptors (Lipinski definition) is 5. The highest BCUT2D eigenvalue weighted by molar-refractivity contribution is 6.01. The lowest BCUT2D eigenvalue weighted by Gasteiger charge is -2.13. The zero-order valence-electron chi connectivity index (χ0n) is 13.4. The van der Waals surface area contributed by atoms with E-state index >= 15 is 0 Å². The van der Waals surface area contributed by atoms with E-state index in [1.165, 1.54) is 14.2 Å². The Balaban J connectivity index is 2.67. The number of aromatic nitrogens is 1. The van der Waals surface area contributed by atoms with Crippen molar-refractivity contribution in [3.63, 3.8) is 0 Å². The lowest BCUT2D eigenvalue weighted by Crippen LogP contribution is -2.13. The summed E-state index contributed by atoms with van der Waals surface area (Å²) in [7, 11) is 3.01. The molecule has 1 aromatic heterocycles. The predicted octanol–water partition coefficient (Wildman–Crippen LogP) is 2.76. The van der Waals surface area contributed by atoms with Crippen LogP contribution in [0.5, 0.6) is 11.5 Å². The second kappa shape index (κ2) is 5.71. The van der Waals surface area contributed by atoms with Crippen molar-refractivity contribution in [3.8, 4) is 22.8 Å². The zero-order chi connectivity index (χ0) is 16.5. The van der Waals surface area contributed by atoms with Gasteiger partial charge in [0.25, 0.3) is 0 Å². The lowest BCUT2D eigenvalue weighted by molar-refractivity contribution is 0.1000. The second-order valence-electron chi connectivity index (χ2n) is 5.94. The lowest BCUT2D eigenvalue weighted by atomic mass is 9.91. The number of benzene rings is 1. The van der Waals surface area contributed by atoms with Crippen LogP contribution < -0.4 is 15.2 Å². The number of nitrogens with two attached hydrogens (primary N) is 1. The van der Waals surface area contributed by atoms with Crippen molar-refractivity contribution in [3.05, 3.63) is 29.5 Å². The number of amides is 1. The molecule has 0 bridgehead atoms. The maximum Gasteiger partial charge on any atom is 0.249 e. The summed E-state index contributed by atoms with van der Waals surface area (Å²) in [4.78, 5) is 11.8. The maximum atomic E-state index is 11.8. The van der Waals surface area contributed by atoms with Crippen molar-refractivity contribution < 1.29 is 18.8 Å². The van der Waals surface area contributed by atoms with E-state index in [9.17, 15) is 4.79 Å². The van der Waals surface area contributed by atoms with Gasteiger partial charge in [-0.25, -0.2) is 0 Å². The highest BCUT2D eigenvalue weighted by atomic mass is 16.5. The fourth-order valence-corrected chi connectivity index (χ4v) is 2.06. The first-order valence-electron chi connectivity index (χ1n) is 6.81. The van der Waals surface area contributed by atoms with Gasteiger partial charge in [-0.05, 0) is 6.07 Å². The van der Waals surface area contributed by atoms with Crippen LogP contribution in [-0.4, -0.2) is 25.3 Å². The highest BCUT2D eigenvalue weighted by Crippen LogP contribution is 2.38. The van der Waals surface area contributed by atoms with E-state index in [4.69, 9.17) is 19.7 Å². The number of rotatable bonds is 4. The molecule has 1 aromatic carbocycles.